The molecule has 3 N–H and O–H groups in total. The summed E-state index contributed by atoms with van der Waals surface area (Å²) < 4.78 is 0. The number of rotatable bonds is 6. The normalized spacial score (nSPS) is 26.7. The molecule has 3 aliphatic heterocycles. The summed E-state index contributed by atoms with van der Waals surface area (Å²) in [6.07, 6.45) is 3.15. The molecule has 226 valence electrons. The first-order valence-electron chi connectivity index (χ1n) is 14.4. The van der Waals surface area contributed by atoms with Crippen LogP contribution < -0.4 is 5.32 Å². The van der Waals surface area contributed by atoms with E-state index in [2.05, 4.69) is 10.2 Å². The first-order valence-corrected chi connectivity index (χ1v) is 15.1. The van der Waals surface area contributed by atoms with Crippen molar-refractivity contribution in [2.75, 3.05) is 39.3 Å². The van der Waals surface area contributed by atoms with E-state index in [9.17, 15) is 29.4 Å². The van der Waals surface area contributed by atoms with Crippen LogP contribution >= 0.6 is 23.2 Å². The molecular weight excluding hydrogens is 583 g/mol. The lowest BCUT2D eigenvalue weighted by Crippen LogP contribution is -2.62. The Hall–Kier alpha value is -3.08. The van der Waals surface area contributed by atoms with Crippen molar-refractivity contribution >= 4 is 47.0 Å². The second-order valence-corrected chi connectivity index (χ2v) is 12.5. The quantitative estimate of drug-likeness (QED) is 0.441. The highest BCUT2D eigenvalue weighted by molar-refractivity contribution is 6.36. The van der Waals surface area contributed by atoms with Crippen LogP contribution in [0.1, 0.15) is 51.0 Å². The molecule has 12 heteroatoms. The summed E-state index contributed by atoms with van der Waals surface area (Å²) in [7, 11) is 0. The zero-order chi connectivity index (χ0) is 30.3. The van der Waals surface area contributed by atoms with Gasteiger partial charge in [0.1, 0.15) is 0 Å². The first-order chi connectivity index (χ1) is 20.0. The van der Waals surface area contributed by atoms with Gasteiger partial charge in [-0.2, -0.15) is 0 Å². The van der Waals surface area contributed by atoms with Crippen molar-refractivity contribution in [2.45, 2.75) is 51.5 Å². The Morgan fingerprint density at radius 3 is 2.00 bits per heavy atom. The number of likely N-dealkylation sites (tertiary alicyclic amines) is 1. The summed E-state index contributed by atoms with van der Waals surface area (Å²) in [5, 5.41) is 23.5. The van der Waals surface area contributed by atoms with E-state index in [0.717, 1.165) is 25.9 Å². The molecule has 4 aliphatic rings. The number of carbonyl (C=O) groups excluding carboxylic acids is 2. The van der Waals surface area contributed by atoms with Crippen molar-refractivity contribution in [3.05, 3.63) is 56.3 Å². The average molecular weight is 620 g/mol. The molecule has 0 radical (unpaired) electrons. The van der Waals surface area contributed by atoms with Crippen LogP contribution in [0.25, 0.3) is 0 Å². The summed E-state index contributed by atoms with van der Waals surface area (Å²) in [6, 6.07) is 5.06. The van der Waals surface area contributed by atoms with E-state index in [0.29, 0.717) is 44.1 Å². The molecule has 3 atom stereocenters. The maximum atomic E-state index is 13.5. The number of fused-ring (bicyclic) bond motifs is 2. The molecule has 3 unspecified atom stereocenters. The Labute approximate surface area is 254 Å². The van der Waals surface area contributed by atoms with Gasteiger partial charge in [-0.15, -0.1) is 0 Å². The van der Waals surface area contributed by atoms with Crippen molar-refractivity contribution < 1.29 is 29.4 Å². The van der Waals surface area contributed by atoms with E-state index in [1.807, 2.05) is 4.90 Å². The van der Waals surface area contributed by atoms with Gasteiger partial charge in [-0.25, -0.2) is 9.59 Å². The number of dihydropyridines is 1. The molecule has 3 fully saturated rings. The molecule has 1 aliphatic carbocycles. The summed E-state index contributed by atoms with van der Waals surface area (Å²) >= 11 is 12.9. The van der Waals surface area contributed by atoms with Gasteiger partial charge < -0.3 is 25.3 Å². The summed E-state index contributed by atoms with van der Waals surface area (Å²) in [6.45, 7) is 7.19. The molecule has 10 nitrogen and oxygen atoms in total. The number of nitrogens with zero attached hydrogens (tertiary/aromatic N) is 3. The van der Waals surface area contributed by atoms with Crippen LogP contribution in [-0.2, 0) is 19.2 Å². The Kier molecular flexibility index (Phi) is 8.87. The van der Waals surface area contributed by atoms with E-state index in [1.54, 1.807) is 17.9 Å². The van der Waals surface area contributed by atoms with Crippen molar-refractivity contribution in [1.82, 2.24) is 20.0 Å². The predicted octanol–water partition coefficient (Wildman–Crippen LogP) is 3.56. The van der Waals surface area contributed by atoms with Gasteiger partial charge in [-0.1, -0.05) is 35.7 Å². The third-order valence-corrected chi connectivity index (χ3v) is 9.94. The van der Waals surface area contributed by atoms with Crippen molar-refractivity contribution in [3.63, 3.8) is 0 Å². The van der Waals surface area contributed by atoms with Crippen LogP contribution in [0, 0.1) is 11.8 Å². The highest BCUT2D eigenvalue weighted by Gasteiger charge is 2.44. The van der Waals surface area contributed by atoms with Crippen LogP contribution in [-0.4, -0.2) is 94.0 Å². The highest BCUT2D eigenvalue weighted by atomic mass is 35.5. The monoisotopic (exact) mass is 618 g/mol. The van der Waals surface area contributed by atoms with E-state index < -0.39 is 17.9 Å². The molecule has 5 rings (SSSR count). The van der Waals surface area contributed by atoms with Gasteiger partial charge in [0, 0.05) is 79.2 Å². The topological polar surface area (TPSA) is 130 Å². The van der Waals surface area contributed by atoms with Gasteiger partial charge in [-0.3, -0.25) is 14.5 Å². The van der Waals surface area contributed by atoms with Crippen LogP contribution in [0.2, 0.25) is 10.0 Å². The second-order valence-electron chi connectivity index (χ2n) is 11.7. The fourth-order valence-corrected chi connectivity index (χ4v) is 8.06. The number of carbonyl (C=O) groups is 4. The lowest BCUT2D eigenvalue weighted by Gasteiger charge is -2.53. The molecular formula is C30H36Cl2N4O6. The first kappa shape index (κ1) is 30.4. The van der Waals surface area contributed by atoms with Gasteiger partial charge in [0.15, 0.2) is 0 Å². The Bertz CT molecular complexity index is 1330. The average Bonchev–Trinajstić information content (AvgIpc) is 2.91. The van der Waals surface area contributed by atoms with Gasteiger partial charge >= 0.3 is 11.9 Å². The van der Waals surface area contributed by atoms with E-state index in [1.165, 1.54) is 25.5 Å². The molecule has 1 aromatic carbocycles. The minimum atomic E-state index is -1.36. The Balaban J connectivity index is 1.34. The fraction of sp³-hybridized carbons (Fsp3) is 0.533. The van der Waals surface area contributed by atoms with E-state index in [-0.39, 0.29) is 56.4 Å². The van der Waals surface area contributed by atoms with Crippen LogP contribution in [0.4, 0.5) is 0 Å². The van der Waals surface area contributed by atoms with Gasteiger partial charge in [0.2, 0.25) is 11.8 Å². The molecule has 0 spiro atoms. The lowest BCUT2D eigenvalue weighted by molar-refractivity contribution is -0.139. The molecule has 1 saturated carbocycles. The molecule has 42 heavy (non-hydrogen) atoms. The number of benzene rings is 1. The Morgan fingerprint density at radius 1 is 0.905 bits per heavy atom. The number of amides is 2. The fourth-order valence-electron chi connectivity index (χ4n) is 7.44. The zero-order valence-electron chi connectivity index (χ0n) is 23.7. The van der Waals surface area contributed by atoms with Gasteiger partial charge in [0.25, 0.3) is 0 Å². The van der Waals surface area contributed by atoms with E-state index in [4.69, 9.17) is 23.2 Å². The number of carboxylic acid groups (broad SMARTS) is 2. The van der Waals surface area contributed by atoms with Crippen LogP contribution in [0.15, 0.2) is 40.7 Å². The van der Waals surface area contributed by atoms with Crippen molar-refractivity contribution in [1.29, 1.82) is 0 Å². The number of carboxylic acids is 2. The number of hydrogen-bond donors (Lipinski definition) is 3. The number of halogens is 2. The van der Waals surface area contributed by atoms with Crippen molar-refractivity contribution in [3.8, 4) is 0 Å². The molecule has 2 bridgehead atoms. The number of piperazine rings is 1. The largest absolute Gasteiger partial charge is 0.478 e. The maximum absolute atomic E-state index is 13.5. The molecule has 1 aromatic rings. The maximum Gasteiger partial charge on any atom is 0.334 e. The minimum Gasteiger partial charge on any atom is -0.478 e. The number of hydrogen-bond acceptors (Lipinski definition) is 6. The number of piperidine rings is 1. The summed E-state index contributed by atoms with van der Waals surface area (Å²) in [5.74, 6) is -3.16. The highest BCUT2D eigenvalue weighted by Crippen LogP contribution is 2.45. The standard InChI is InChI=1S/C30H36Cl2N4O6/c1-16-24(29(39)40)27(25-20(31)7-4-8-21(25)32)26(30(41)42)22(33-16)13-23(38)34-9-11-35(12-10-34)28-18-5-3-6-19(28)15-36(14-18)17(2)37/h4,7-8,18-19,27-28,33H,3,5-6,9-15H2,1-2H3,(H,39,40)(H,41,42). The third-order valence-electron chi connectivity index (χ3n) is 9.28. The molecule has 3 heterocycles. The third kappa shape index (κ3) is 5.76. The number of allylic oxidation sites excluding steroid dienone is 1. The van der Waals surface area contributed by atoms with Crippen LogP contribution in [0.3, 0.4) is 0 Å². The lowest BCUT2D eigenvalue weighted by atomic mass is 9.72. The van der Waals surface area contributed by atoms with Crippen molar-refractivity contribution in [2.24, 2.45) is 11.8 Å². The minimum absolute atomic E-state index is 0.129. The zero-order valence-corrected chi connectivity index (χ0v) is 25.2. The van der Waals surface area contributed by atoms with Crippen LogP contribution in [0.5, 0.6) is 0 Å². The molecule has 0 aromatic heterocycles. The summed E-state index contributed by atoms with van der Waals surface area (Å²) in [5.41, 5.74) is 0.0872. The van der Waals surface area contributed by atoms with E-state index >= 15 is 0 Å². The number of nitrogens with one attached hydrogen (secondary N) is 1. The molecule has 2 amide bonds. The smallest absolute Gasteiger partial charge is 0.334 e. The SMILES string of the molecule is CC(=O)N1CC2CCCC(C1)C2N1CCN(C(=O)CC2=C(C(=O)O)C(c3c(Cl)cccc3Cl)C(C(=O)O)=C(C)N2)CC1. The predicted molar refractivity (Wildman–Crippen MR) is 157 cm³/mol. The Morgan fingerprint density at radius 2 is 1.48 bits per heavy atom. The van der Waals surface area contributed by atoms with Gasteiger partial charge in [0.05, 0.1) is 23.5 Å². The summed E-state index contributed by atoms with van der Waals surface area (Å²) in [4.78, 5) is 56.7. The van der Waals surface area contributed by atoms with Gasteiger partial charge in [-0.05, 0) is 43.7 Å². The number of aliphatic carboxylic acids is 2. The second kappa shape index (κ2) is 12.3. The molecule has 2 saturated heterocycles.